The zero-order valence-electron chi connectivity index (χ0n) is 12.9. The highest BCUT2D eigenvalue weighted by molar-refractivity contribution is 6.15. The molecule has 4 heteroatoms. The molecule has 23 heavy (non-hydrogen) atoms. The first kappa shape index (κ1) is 13.6. The third-order valence-corrected chi connectivity index (χ3v) is 4.32. The van der Waals surface area contributed by atoms with E-state index < -0.39 is 0 Å². The molecule has 0 unspecified atom stereocenters. The van der Waals surface area contributed by atoms with Crippen molar-refractivity contribution < 1.29 is 4.79 Å². The number of carbonyl (C=O) groups excluding carboxylic acids is 1. The molecular weight excluding hydrogens is 286 g/mol. The first-order valence-corrected chi connectivity index (χ1v) is 7.47. The highest BCUT2D eigenvalue weighted by Gasteiger charge is 2.16. The number of nitrogens with zero attached hydrogens (tertiary/aromatic N) is 3. The van der Waals surface area contributed by atoms with Crippen molar-refractivity contribution >= 4 is 28.1 Å². The maximum absolute atomic E-state index is 11.5. The van der Waals surface area contributed by atoms with Crippen LogP contribution in [0, 0.1) is 13.8 Å². The topological polar surface area (TPSA) is 47.8 Å². The highest BCUT2D eigenvalue weighted by Crippen LogP contribution is 2.34. The molecule has 2 heterocycles. The summed E-state index contributed by atoms with van der Waals surface area (Å²) >= 11 is 0. The summed E-state index contributed by atoms with van der Waals surface area (Å²) < 4.78 is 2.02. The van der Waals surface area contributed by atoms with E-state index in [2.05, 4.69) is 35.9 Å². The van der Waals surface area contributed by atoms with Crippen molar-refractivity contribution in [3.63, 3.8) is 0 Å². The fourth-order valence-corrected chi connectivity index (χ4v) is 3.07. The maximum Gasteiger partial charge on any atom is 0.234 e. The van der Waals surface area contributed by atoms with E-state index in [0.717, 1.165) is 28.1 Å². The van der Waals surface area contributed by atoms with Gasteiger partial charge in [-0.3, -0.25) is 9.36 Å². The first-order chi connectivity index (χ1) is 11.2. The van der Waals surface area contributed by atoms with E-state index in [1.54, 1.807) is 18.5 Å². The first-order valence-electron chi connectivity index (χ1n) is 7.47. The van der Waals surface area contributed by atoms with Gasteiger partial charge in [0, 0.05) is 28.7 Å². The Morgan fingerprint density at radius 1 is 0.957 bits per heavy atom. The molecule has 0 saturated heterocycles. The van der Waals surface area contributed by atoms with E-state index in [0.29, 0.717) is 11.5 Å². The van der Waals surface area contributed by atoms with Crippen molar-refractivity contribution in [3.8, 4) is 5.95 Å². The zero-order chi connectivity index (χ0) is 16.0. The van der Waals surface area contributed by atoms with E-state index >= 15 is 0 Å². The Kier molecular flexibility index (Phi) is 2.98. The number of aromatic nitrogens is 3. The molecule has 0 aliphatic heterocycles. The van der Waals surface area contributed by atoms with Crippen LogP contribution in [0.2, 0.25) is 0 Å². The maximum atomic E-state index is 11.5. The minimum Gasteiger partial charge on any atom is -0.298 e. The second-order valence-electron chi connectivity index (χ2n) is 5.70. The Morgan fingerprint density at radius 2 is 1.70 bits per heavy atom. The normalized spacial score (nSPS) is 11.2. The summed E-state index contributed by atoms with van der Waals surface area (Å²) in [6.07, 6.45) is 4.36. The average Bonchev–Trinajstić information content (AvgIpc) is 2.89. The lowest BCUT2D eigenvalue weighted by molar-refractivity contribution is 0.112. The van der Waals surface area contributed by atoms with Gasteiger partial charge < -0.3 is 0 Å². The molecule has 0 spiro atoms. The molecule has 0 aliphatic rings. The Labute approximate surface area is 133 Å². The Balaban J connectivity index is 2.28. The van der Waals surface area contributed by atoms with Gasteiger partial charge in [0.15, 0.2) is 6.29 Å². The lowest BCUT2D eigenvalue weighted by atomic mass is 10.0. The quantitative estimate of drug-likeness (QED) is 0.526. The standard InChI is InChI=1S/C19H15N3O/c1-12-9-15-17(10-13(12)2)22(19-20-7-4-8-21-19)16-6-3-5-14(11-23)18(15)16/h3-11H,1-2H3. The fourth-order valence-electron chi connectivity index (χ4n) is 3.07. The number of hydrogen-bond acceptors (Lipinski definition) is 3. The molecule has 0 bridgehead atoms. The molecule has 0 fully saturated rings. The van der Waals surface area contributed by atoms with Crippen molar-refractivity contribution in [1.29, 1.82) is 0 Å². The van der Waals surface area contributed by atoms with E-state index in [9.17, 15) is 4.79 Å². The van der Waals surface area contributed by atoms with E-state index in [1.165, 1.54) is 11.1 Å². The van der Waals surface area contributed by atoms with Crippen molar-refractivity contribution in [2.24, 2.45) is 0 Å². The number of benzene rings is 2. The molecule has 4 nitrogen and oxygen atoms in total. The predicted octanol–water partition coefficient (Wildman–Crippen LogP) is 4.00. The van der Waals surface area contributed by atoms with Crippen LogP contribution in [0.5, 0.6) is 0 Å². The number of carbonyl (C=O) groups is 1. The van der Waals surface area contributed by atoms with Gasteiger partial charge in [-0.05, 0) is 49.2 Å². The summed E-state index contributed by atoms with van der Waals surface area (Å²) in [7, 11) is 0. The second kappa shape index (κ2) is 5.02. The molecule has 4 rings (SSSR count). The third kappa shape index (κ3) is 1.95. The van der Waals surface area contributed by atoms with Gasteiger partial charge in [0.05, 0.1) is 11.0 Å². The van der Waals surface area contributed by atoms with Crippen LogP contribution in [0.25, 0.3) is 27.8 Å². The molecule has 2 aromatic heterocycles. The Bertz CT molecular complexity index is 1050. The predicted molar refractivity (Wildman–Crippen MR) is 91.2 cm³/mol. The summed E-state index contributed by atoms with van der Waals surface area (Å²) in [6, 6.07) is 11.8. The minimum atomic E-state index is 0.610. The van der Waals surface area contributed by atoms with Crippen molar-refractivity contribution in [2.45, 2.75) is 13.8 Å². The van der Waals surface area contributed by atoms with Crippen LogP contribution in [-0.4, -0.2) is 20.8 Å². The monoisotopic (exact) mass is 301 g/mol. The molecule has 0 radical (unpaired) electrons. The lowest BCUT2D eigenvalue weighted by Crippen LogP contribution is -2.00. The molecule has 0 amide bonds. The van der Waals surface area contributed by atoms with Crippen LogP contribution < -0.4 is 0 Å². The SMILES string of the molecule is Cc1cc2c3c(C=O)cccc3n(-c3ncccn3)c2cc1C. The van der Waals surface area contributed by atoms with Gasteiger partial charge in [-0.2, -0.15) is 0 Å². The van der Waals surface area contributed by atoms with Crippen LogP contribution in [0.15, 0.2) is 48.8 Å². The summed E-state index contributed by atoms with van der Waals surface area (Å²) in [5.41, 5.74) is 5.05. The van der Waals surface area contributed by atoms with Gasteiger partial charge in [-0.1, -0.05) is 12.1 Å². The van der Waals surface area contributed by atoms with Gasteiger partial charge in [0.1, 0.15) is 0 Å². The summed E-state index contributed by atoms with van der Waals surface area (Å²) in [5, 5.41) is 2.01. The molecule has 0 aliphatic carbocycles. The van der Waals surface area contributed by atoms with Crippen LogP contribution in [0.3, 0.4) is 0 Å². The lowest BCUT2D eigenvalue weighted by Gasteiger charge is -2.06. The van der Waals surface area contributed by atoms with Gasteiger partial charge in [0.25, 0.3) is 0 Å². The van der Waals surface area contributed by atoms with Gasteiger partial charge >= 0.3 is 0 Å². The van der Waals surface area contributed by atoms with Crippen LogP contribution in [-0.2, 0) is 0 Å². The zero-order valence-corrected chi connectivity index (χ0v) is 12.9. The summed E-state index contributed by atoms with van der Waals surface area (Å²) in [4.78, 5) is 20.3. The van der Waals surface area contributed by atoms with E-state index in [1.807, 2.05) is 22.8 Å². The average molecular weight is 301 g/mol. The molecule has 2 aromatic carbocycles. The number of rotatable bonds is 2. The number of fused-ring (bicyclic) bond motifs is 3. The largest absolute Gasteiger partial charge is 0.298 e. The van der Waals surface area contributed by atoms with E-state index in [4.69, 9.17) is 0 Å². The number of aryl methyl sites for hydroxylation is 2. The Hall–Kier alpha value is -3.01. The van der Waals surface area contributed by atoms with Gasteiger partial charge in [-0.25, -0.2) is 9.97 Å². The van der Waals surface area contributed by atoms with Crippen molar-refractivity contribution in [1.82, 2.24) is 14.5 Å². The van der Waals surface area contributed by atoms with Crippen LogP contribution in [0.4, 0.5) is 0 Å². The van der Waals surface area contributed by atoms with Crippen LogP contribution in [0.1, 0.15) is 21.5 Å². The molecule has 112 valence electrons. The van der Waals surface area contributed by atoms with Crippen molar-refractivity contribution in [2.75, 3.05) is 0 Å². The van der Waals surface area contributed by atoms with Crippen LogP contribution >= 0.6 is 0 Å². The Morgan fingerprint density at radius 3 is 2.43 bits per heavy atom. The second-order valence-corrected chi connectivity index (χ2v) is 5.70. The third-order valence-electron chi connectivity index (χ3n) is 4.32. The molecule has 0 atom stereocenters. The summed E-state index contributed by atoms with van der Waals surface area (Å²) in [5.74, 6) is 0.610. The molecule has 0 N–H and O–H groups in total. The number of aldehydes is 1. The fraction of sp³-hybridized carbons (Fsp3) is 0.105. The van der Waals surface area contributed by atoms with Gasteiger partial charge in [-0.15, -0.1) is 0 Å². The number of hydrogen-bond donors (Lipinski definition) is 0. The molecule has 0 saturated carbocycles. The van der Waals surface area contributed by atoms with Gasteiger partial charge in [0.2, 0.25) is 5.95 Å². The molecule has 4 aromatic rings. The highest BCUT2D eigenvalue weighted by atomic mass is 16.1. The smallest absolute Gasteiger partial charge is 0.234 e. The molecular formula is C19H15N3O. The summed E-state index contributed by atoms with van der Waals surface area (Å²) in [6.45, 7) is 4.17. The minimum absolute atomic E-state index is 0.610. The van der Waals surface area contributed by atoms with E-state index in [-0.39, 0.29) is 0 Å². The van der Waals surface area contributed by atoms with Crippen molar-refractivity contribution in [3.05, 3.63) is 65.5 Å².